The van der Waals surface area contributed by atoms with Gasteiger partial charge in [-0.05, 0) is 32.6 Å². The van der Waals surface area contributed by atoms with Gasteiger partial charge in [-0.2, -0.15) is 9.40 Å². The maximum absolute atomic E-state index is 12.0. The van der Waals surface area contributed by atoms with Gasteiger partial charge in [0.1, 0.15) is 11.6 Å². The van der Waals surface area contributed by atoms with E-state index in [4.69, 9.17) is 0 Å². The highest BCUT2D eigenvalue weighted by Gasteiger charge is 2.37. The summed E-state index contributed by atoms with van der Waals surface area (Å²) in [6.07, 6.45) is 9.03. The molecule has 2 fully saturated rings. The molecular weight excluding hydrogens is 288 g/mol. The highest BCUT2D eigenvalue weighted by atomic mass is 32.2. The number of hydrogen-bond donors (Lipinski definition) is 0. The minimum Gasteiger partial charge on any atom is -0.245 e. The van der Waals surface area contributed by atoms with Gasteiger partial charge in [0.25, 0.3) is 0 Å². The molecule has 1 aliphatic carbocycles. The minimum atomic E-state index is -3.19. The summed E-state index contributed by atoms with van der Waals surface area (Å²) in [4.78, 5) is 4.58. The molecule has 1 saturated heterocycles. The molecule has 1 aromatic heterocycles. The molecule has 0 amide bonds. The van der Waals surface area contributed by atoms with Crippen LogP contribution in [0.5, 0.6) is 0 Å². The molecular formula is C14H24N4O2S. The maximum atomic E-state index is 12.0. The molecule has 118 valence electrons. The molecule has 0 aromatic carbocycles. The van der Waals surface area contributed by atoms with Gasteiger partial charge in [0.15, 0.2) is 0 Å². The third-order valence-corrected chi connectivity index (χ3v) is 5.90. The average molecular weight is 312 g/mol. The SMILES string of the molecule is Cc1nc([C@@H]2CCCN2S(C)(=O)=O)n(C2CCCCC2)n1. The Hall–Kier alpha value is -0.950. The number of aromatic nitrogens is 3. The monoisotopic (exact) mass is 312 g/mol. The molecule has 0 radical (unpaired) electrons. The van der Waals surface area contributed by atoms with E-state index in [-0.39, 0.29) is 6.04 Å². The summed E-state index contributed by atoms with van der Waals surface area (Å²) < 4.78 is 27.6. The number of rotatable bonds is 3. The van der Waals surface area contributed by atoms with E-state index in [1.54, 1.807) is 4.31 Å². The molecule has 1 saturated carbocycles. The molecule has 7 heteroatoms. The van der Waals surface area contributed by atoms with Gasteiger partial charge in [0, 0.05) is 6.54 Å². The van der Waals surface area contributed by atoms with Crippen molar-refractivity contribution in [3.8, 4) is 0 Å². The zero-order valence-corrected chi connectivity index (χ0v) is 13.6. The fraction of sp³-hybridized carbons (Fsp3) is 0.857. The van der Waals surface area contributed by atoms with Crippen LogP contribution >= 0.6 is 0 Å². The van der Waals surface area contributed by atoms with E-state index in [0.29, 0.717) is 12.6 Å². The van der Waals surface area contributed by atoms with Crippen molar-refractivity contribution < 1.29 is 8.42 Å². The molecule has 3 rings (SSSR count). The molecule has 2 heterocycles. The van der Waals surface area contributed by atoms with Crippen molar-refractivity contribution in [2.75, 3.05) is 12.8 Å². The molecule has 0 N–H and O–H groups in total. The lowest BCUT2D eigenvalue weighted by atomic mass is 9.95. The number of aryl methyl sites for hydroxylation is 1. The van der Waals surface area contributed by atoms with E-state index in [1.165, 1.54) is 25.5 Å². The normalized spacial score (nSPS) is 25.5. The van der Waals surface area contributed by atoms with Crippen LogP contribution in [-0.4, -0.2) is 40.3 Å². The fourth-order valence-corrected chi connectivity index (χ4v) is 4.79. The van der Waals surface area contributed by atoms with Crippen molar-refractivity contribution in [1.82, 2.24) is 19.1 Å². The molecule has 2 aliphatic rings. The smallest absolute Gasteiger partial charge is 0.211 e. The van der Waals surface area contributed by atoms with E-state index in [9.17, 15) is 8.42 Å². The van der Waals surface area contributed by atoms with Crippen LogP contribution in [-0.2, 0) is 10.0 Å². The first kappa shape index (κ1) is 15.0. The lowest BCUT2D eigenvalue weighted by Gasteiger charge is -2.27. The van der Waals surface area contributed by atoms with Gasteiger partial charge in [-0.3, -0.25) is 0 Å². The molecule has 0 spiro atoms. The lowest BCUT2D eigenvalue weighted by molar-refractivity contribution is 0.295. The van der Waals surface area contributed by atoms with Crippen LogP contribution in [0.4, 0.5) is 0 Å². The van der Waals surface area contributed by atoms with Gasteiger partial charge in [-0.15, -0.1) is 0 Å². The van der Waals surface area contributed by atoms with Crippen LogP contribution in [0, 0.1) is 6.92 Å². The van der Waals surface area contributed by atoms with Crippen molar-refractivity contribution in [1.29, 1.82) is 0 Å². The highest BCUT2D eigenvalue weighted by Crippen LogP contribution is 2.36. The zero-order chi connectivity index (χ0) is 15.0. The predicted octanol–water partition coefficient (Wildman–Crippen LogP) is 2.19. The van der Waals surface area contributed by atoms with Gasteiger partial charge in [-0.1, -0.05) is 19.3 Å². The van der Waals surface area contributed by atoms with Crippen molar-refractivity contribution in [2.24, 2.45) is 0 Å². The van der Waals surface area contributed by atoms with Gasteiger partial charge < -0.3 is 0 Å². The van der Waals surface area contributed by atoms with Crippen molar-refractivity contribution >= 4 is 10.0 Å². The van der Waals surface area contributed by atoms with Gasteiger partial charge in [0.2, 0.25) is 10.0 Å². The van der Waals surface area contributed by atoms with Crippen LogP contribution < -0.4 is 0 Å². The first-order valence-corrected chi connectivity index (χ1v) is 9.71. The summed E-state index contributed by atoms with van der Waals surface area (Å²) in [6, 6.07) is 0.250. The second kappa shape index (κ2) is 5.68. The van der Waals surface area contributed by atoms with Crippen LogP contribution in [0.1, 0.15) is 68.7 Å². The van der Waals surface area contributed by atoms with Crippen molar-refractivity contribution in [3.05, 3.63) is 11.6 Å². The summed E-state index contributed by atoms with van der Waals surface area (Å²) >= 11 is 0. The largest absolute Gasteiger partial charge is 0.245 e. The summed E-state index contributed by atoms with van der Waals surface area (Å²) in [5, 5.41) is 4.58. The quantitative estimate of drug-likeness (QED) is 0.858. The second-order valence-electron chi connectivity index (χ2n) is 6.29. The van der Waals surface area contributed by atoms with Crippen molar-refractivity contribution in [2.45, 2.75) is 64.0 Å². The molecule has 6 nitrogen and oxygen atoms in total. The van der Waals surface area contributed by atoms with E-state index in [0.717, 1.165) is 37.3 Å². The molecule has 0 bridgehead atoms. The maximum Gasteiger partial charge on any atom is 0.211 e. The fourth-order valence-electron chi connectivity index (χ4n) is 3.66. The molecule has 0 unspecified atom stereocenters. The van der Waals surface area contributed by atoms with Crippen molar-refractivity contribution in [3.63, 3.8) is 0 Å². The summed E-state index contributed by atoms with van der Waals surface area (Å²) in [6.45, 7) is 2.49. The Labute approximate surface area is 126 Å². The molecule has 21 heavy (non-hydrogen) atoms. The molecule has 1 aromatic rings. The topological polar surface area (TPSA) is 68.1 Å². The zero-order valence-electron chi connectivity index (χ0n) is 12.8. The summed E-state index contributed by atoms with van der Waals surface area (Å²) in [7, 11) is -3.19. The first-order chi connectivity index (χ1) is 9.97. The number of hydrogen-bond acceptors (Lipinski definition) is 4. The number of sulfonamides is 1. The Morgan fingerprint density at radius 2 is 1.81 bits per heavy atom. The van der Waals surface area contributed by atoms with Crippen LogP contribution in [0.25, 0.3) is 0 Å². The Bertz CT molecular complexity index is 604. The van der Waals surface area contributed by atoms with Gasteiger partial charge >= 0.3 is 0 Å². The standard InChI is InChI=1S/C14H24N4O2S/c1-11-15-14(13-9-6-10-17(13)21(2,19)20)18(16-11)12-7-4-3-5-8-12/h12-13H,3-10H2,1-2H3/t13-/m0/s1. The Balaban J connectivity index is 1.94. The number of nitrogens with zero attached hydrogens (tertiary/aromatic N) is 4. The summed E-state index contributed by atoms with van der Waals surface area (Å²) in [5.74, 6) is 1.60. The van der Waals surface area contributed by atoms with Crippen LogP contribution in [0.15, 0.2) is 0 Å². The van der Waals surface area contributed by atoms with Gasteiger partial charge in [0.05, 0.1) is 18.3 Å². The third-order valence-electron chi connectivity index (χ3n) is 4.61. The first-order valence-electron chi connectivity index (χ1n) is 7.86. The third kappa shape index (κ3) is 2.99. The van der Waals surface area contributed by atoms with Crippen LogP contribution in [0.2, 0.25) is 0 Å². The van der Waals surface area contributed by atoms with E-state index < -0.39 is 10.0 Å². The Kier molecular flexibility index (Phi) is 4.05. The molecule has 1 atom stereocenters. The summed E-state index contributed by atoms with van der Waals surface area (Å²) in [5.41, 5.74) is 0. The minimum absolute atomic E-state index is 0.136. The second-order valence-corrected chi connectivity index (χ2v) is 8.22. The Morgan fingerprint density at radius 3 is 2.48 bits per heavy atom. The van der Waals surface area contributed by atoms with Gasteiger partial charge in [-0.25, -0.2) is 18.1 Å². The average Bonchev–Trinajstić information content (AvgIpc) is 3.05. The van der Waals surface area contributed by atoms with E-state index >= 15 is 0 Å². The lowest BCUT2D eigenvalue weighted by Crippen LogP contribution is -2.32. The Morgan fingerprint density at radius 1 is 1.10 bits per heavy atom. The highest BCUT2D eigenvalue weighted by molar-refractivity contribution is 7.88. The van der Waals surface area contributed by atoms with Crippen LogP contribution in [0.3, 0.4) is 0 Å². The van der Waals surface area contributed by atoms with E-state index in [1.807, 2.05) is 11.6 Å². The predicted molar refractivity (Wildman–Crippen MR) is 80.4 cm³/mol. The molecule has 1 aliphatic heterocycles. The van der Waals surface area contributed by atoms with E-state index in [2.05, 4.69) is 10.1 Å².